The quantitative estimate of drug-likeness (QED) is 0.739. The number of esters is 1. The second-order valence-electron chi connectivity index (χ2n) is 7.16. The van der Waals surface area contributed by atoms with E-state index in [4.69, 9.17) is 23.7 Å². The summed E-state index contributed by atoms with van der Waals surface area (Å²) in [7, 11) is 1.60. The molecule has 0 amide bonds. The number of hydrogen-bond acceptors (Lipinski definition) is 8. The van der Waals surface area contributed by atoms with E-state index in [9.17, 15) is 15.0 Å². The Labute approximate surface area is 156 Å². The summed E-state index contributed by atoms with van der Waals surface area (Å²) in [4.78, 5) is 11.4. The molecule has 2 bridgehead atoms. The van der Waals surface area contributed by atoms with Gasteiger partial charge >= 0.3 is 5.97 Å². The van der Waals surface area contributed by atoms with Gasteiger partial charge in [0, 0.05) is 19.8 Å². The summed E-state index contributed by atoms with van der Waals surface area (Å²) in [6.45, 7) is 1.60. The van der Waals surface area contributed by atoms with Crippen molar-refractivity contribution in [3.63, 3.8) is 0 Å². The van der Waals surface area contributed by atoms with Crippen LogP contribution in [0.5, 0.6) is 5.75 Å². The maximum absolute atomic E-state index is 11.4. The number of fused-ring (bicyclic) bond motifs is 1. The van der Waals surface area contributed by atoms with Gasteiger partial charge in [0.05, 0.1) is 25.9 Å². The number of hydrogen-bond donors (Lipinski definition) is 2. The normalized spacial score (nSPS) is 40.7. The fourth-order valence-corrected chi connectivity index (χ4v) is 4.19. The summed E-state index contributed by atoms with van der Waals surface area (Å²) in [6, 6.07) is 7.52. The van der Waals surface area contributed by atoms with E-state index >= 15 is 0 Å². The highest BCUT2D eigenvalue weighted by Crippen LogP contribution is 2.49. The van der Waals surface area contributed by atoms with Crippen LogP contribution in [0.3, 0.4) is 0 Å². The first kappa shape index (κ1) is 18.6. The van der Waals surface area contributed by atoms with Gasteiger partial charge in [-0.25, -0.2) is 0 Å². The average Bonchev–Trinajstić information content (AvgIpc) is 2.67. The number of aliphatic hydroxyl groups is 2. The van der Waals surface area contributed by atoms with Gasteiger partial charge in [-0.3, -0.25) is 4.79 Å². The van der Waals surface area contributed by atoms with Crippen LogP contribution in [0.25, 0.3) is 0 Å². The molecule has 148 valence electrons. The van der Waals surface area contributed by atoms with Gasteiger partial charge in [-0.1, -0.05) is 12.1 Å². The van der Waals surface area contributed by atoms with E-state index in [0.717, 1.165) is 11.3 Å². The van der Waals surface area contributed by atoms with E-state index < -0.39 is 36.2 Å². The molecule has 7 atom stereocenters. The lowest BCUT2D eigenvalue weighted by Gasteiger charge is -2.57. The highest BCUT2D eigenvalue weighted by atomic mass is 16.8. The Morgan fingerprint density at radius 3 is 2.67 bits per heavy atom. The molecule has 1 aromatic carbocycles. The minimum absolute atomic E-state index is 0.119. The zero-order chi connectivity index (χ0) is 19.2. The summed E-state index contributed by atoms with van der Waals surface area (Å²) in [5, 5.41) is 21.2. The predicted octanol–water partition coefficient (Wildman–Crippen LogP) is 0.694. The third kappa shape index (κ3) is 3.11. The van der Waals surface area contributed by atoms with E-state index in [1.807, 2.05) is 24.3 Å². The Balaban J connectivity index is 1.61. The molecule has 0 aromatic heterocycles. The van der Waals surface area contributed by atoms with Crippen LogP contribution in [0.2, 0.25) is 0 Å². The molecule has 8 heteroatoms. The van der Waals surface area contributed by atoms with Crippen LogP contribution in [0, 0.1) is 0 Å². The van der Waals surface area contributed by atoms with Crippen LogP contribution in [-0.2, 0) is 23.7 Å². The van der Waals surface area contributed by atoms with Crippen LogP contribution in [-0.4, -0.2) is 66.2 Å². The fourth-order valence-electron chi connectivity index (χ4n) is 4.19. The predicted molar refractivity (Wildman–Crippen MR) is 91.0 cm³/mol. The summed E-state index contributed by atoms with van der Waals surface area (Å²) in [5.41, 5.74) is 0.919. The highest BCUT2D eigenvalue weighted by molar-refractivity contribution is 5.66. The van der Waals surface area contributed by atoms with Gasteiger partial charge in [0.25, 0.3) is 0 Å². The Morgan fingerprint density at radius 2 is 2.00 bits per heavy atom. The summed E-state index contributed by atoms with van der Waals surface area (Å²) in [6.07, 6.45) is -4.23. The Hall–Kier alpha value is -1.71. The number of carbonyl (C=O) groups is 1. The van der Waals surface area contributed by atoms with E-state index in [2.05, 4.69) is 0 Å². The van der Waals surface area contributed by atoms with E-state index in [1.165, 1.54) is 6.92 Å². The third-order valence-corrected chi connectivity index (χ3v) is 5.47. The van der Waals surface area contributed by atoms with Crippen molar-refractivity contribution in [3.8, 4) is 5.75 Å². The molecule has 2 N–H and O–H groups in total. The van der Waals surface area contributed by atoms with Gasteiger partial charge in [0.15, 0.2) is 6.10 Å². The largest absolute Gasteiger partial charge is 0.497 e. The minimum atomic E-state index is -1.45. The first-order valence-corrected chi connectivity index (χ1v) is 9.09. The van der Waals surface area contributed by atoms with Gasteiger partial charge in [-0.2, -0.15) is 0 Å². The number of rotatable bonds is 3. The smallest absolute Gasteiger partial charge is 0.303 e. The van der Waals surface area contributed by atoms with Crippen molar-refractivity contribution >= 4 is 5.97 Å². The van der Waals surface area contributed by atoms with Crippen LogP contribution in [0.1, 0.15) is 31.4 Å². The van der Waals surface area contributed by atoms with Crippen molar-refractivity contribution in [2.24, 2.45) is 0 Å². The maximum atomic E-state index is 11.4. The molecule has 1 aliphatic carbocycles. The molecule has 3 fully saturated rings. The second kappa shape index (κ2) is 7.03. The van der Waals surface area contributed by atoms with Crippen LogP contribution < -0.4 is 4.74 Å². The lowest BCUT2D eigenvalue weighted by atomic mass is 9.81. The minimum Gasteiger partial charge on any atom is -0.497 e. The van der Waals surface area contributed by atoms with Gasteiger partial charge in [0.2, 0.25) is 5.79 Å². The maximum Gasteiger partial charge on any atom is 0.303 e. The number of carbonyl (C=O) groups excluding carboxylic acids is 1. The number of ether oxygens (including phenoxy) is 5. The molecular formula is C19H24O8. The lowest BCUT2D eigenvalue weighted by Crippen LogP contribution is -2.73. The molecule has 4 unspecified atom stereocenters. The van der Waals surface area contributed by atoms with Gasteiger partial charge in [0.1, 0.15) is 24.1 Å². The fraction of sp³-hybridized carbons (Fsp3) is 0.632. The average molecular weight is 380 g/mol. The van der Waals surface area contributed by atoms with Crippen LogP contribution >= 0.6 is 0 Å². The molecule has 1 aromatic rings. The Kier molecular flexibility index (Phi) is 4.85. The first-order valence-electron chi connectivity index (χ1n) is 9.09. The molecule has 1 spiro atoms. The SMILES string of the molecule is COc1ccc([C@@H]2O[C@H]3CC(O)C(OC(C)=O)C(O)C34OCC[C@H]2O4)cc1. The van der Waals surface area contributed by atoms with E-state index in [0.29, 0.717) is 13.0 Å². The molecule has 8 nitrogen and oxygen atoms in total. The van der Waals surface area contributed by atoms with Crippen molar-refractivity contribution in [2.75, 3.05) is 13.7 Å². The van der Waals surface area contributed by atoms with Crippen molar-refractivity contribution in [2.45, 2.75) is 62.2 Å². The van der Waals surface area contributed by atoms with Crippen molar-refractivity contribution < 1.29 is 38.7 Å². The Bertz CT molecular complexity index is 691. The standard InChI is InChI=1S/C19H24O8/c1-10(20)25-17-13(21)9-15-19(18(17)22)24-8-7-14(27-19)16(26-15)11-3-5-12(23-2)6-4-11/h3-6,13-18,21-22H,7-9H2,1-2H3/t13?,14-,15+,16+,17?,18?,19?/m1/s1. The summed E-state index contributed by atoms with van der Waals surface area (Å²) < 4.78 is 28.6. The van der Waals surface area contributed by atoms with Gasteiger partial charge in [-0.05, 0) is 17.7 Å². The molecule has 4 rings (SSSR count). The van der Waals surface area contributed by atoms with Gasteiger partial charge in [-0.15, -0.1) is 0 Å². The summed E-state index contributed by atoms with van der Waals surface area (Å²) in [5.74, 6) is -1.30. The molecule has 0 radical (unpaired) electrons. The number of methoxy groups -OCH3 is 1. The molecular weight excluding hydrogens is 356 g/mol. The zero-order valence-electron chi connectivity index (χ0n) is 15.2. The van der Waals surface area contributed by atoms with Crippen molar-refractivity contribution in [3.05, 3.63) is 29.8 Å². The lowest BCUT2D eigenvalue weighted by molar-refractivity contribution is -0.439. The van der Waals surface area contributed by atoms with E-state index in [-0.39, 0.29) is 18.6 Å². The van der Waals surface area contributed by atoms with Crippen LogP contribution in [0.4, 0.5) is 0 Å². The monoisotopic (exact) mass is 380 g/mol. The van der Waals surface area contributed by atoms with Crippen molar-refractivity contribution in [1.29, 1.82) is 0 Å². The van der Waals surface area contributed by atoms with Crippen LogP contribution in [0.15, 0.2) is 24.3 Å². The first-order chi connectivity index (χ1) is 12.9. The second-order valence-corrected chi connectivity index (χ2v) is 7.16. The topological polar surface area (TPSA) is 104 Å². The molecule has 27 heavy (non-hydrogen) atoms. The zero-order valence-corrected chi connectivity index (χ0v) is 15.2. The highest BCUT2D eigenvalue weighted by Gasteiger charge is 2.64. The van der Waals surface area contributed by atoms with Crippen molar-refractivity contribution in [1.82, 2.24) is 0 Å². The molecule has 2 saturated heterocycles. The number of aliphatic hydroxyl groups excluding tert-OH is 2. The number of benzene rings is 1. The summed E-state index contributed by atoms with van der Waals surface area (Å²) >= 11 is 0. The molecule has 1 saturated carbocycles. The molecule has 3 aliphatic rings. The molecule has 2 aliphatic heterocycles. The third-order valence-electron chi connectivity index (χ3n) is 5.47. The molecule has 2 heterocycles. The van der Waals surface area contributed by atoms with E-state index in [1.54, 1.807) is 7.11 Å². The van der Waals surface area contributed by atoms with Gasteiger partial charge < -0.3 is 33.9 Å². The Morgan fingerprint density at radius 1 is 1.26 bits per heavy atom.